The number of sulfonamides is 1. The van der Waals surface area contributed by atoms with Crippen molar-refractivity contribution < 1.29 is 27.5 Å². The smallest absolute Gasteiger partial charge is 0.269 e. The first-order valence-electron chi connectivity index (χ1n) is 11.1. The number of nitrogens with zero attached hydrogens (tertiary/aromatic N) is 2. The van der Waals surface area contributed by atoms with E-state index in [2.05, 4.69) is 5.32 Å². The largest absolute Gasteiger partial charge is 0.497 e. The van der Waals surface area contributed by atoms with Crippen LogP contribution >= 0.6 is 0 Å². The fourth-order valence-electron chi connectivity index (χ4n) is 3.74. The van der Waals surface area contributed by atoms with Crippen LogP contribution in [-0.4, -0.2) is 61.6 Å². The number of rotatable bonds is 10. The van der Waals surface area contributed by atoms with Gasteiger partial charge in [-0.1, -0.05) is 31.2 Å². The van der Waals surface area contributed by atoms with Crippen molar-refractivity contribution in [2.45, 2.75) is 44.2 Å². The quantitative estimate of drug-likeness (QED) is 0.550. The molecule has 0 saturated heterocycles. The predicted molar refractivity (Wildman–Crippen MR) is 126 cm³/mol. The number of methoxy groups -OCH3 is 1. The van der Waals surface area contributed by atoms with Gasteiger partial charge in [-0.25, -0.2) is 12.7 Å². The summed E-state index contributed by atoms with van der Waals surface area (Å²) < 4.78 is 31.6. The summed E-state index contributed by atoms with van der Waals surface area (Å²) in [6.45, 7) is 3.83. The molecule has 0 unspecified atom stereocenters. The van der Waals surface area contributed by atoms with Crippen LogP contribution in [0.25, 0.3) is 0 Å². The SMILES string of the molecule is CCCNC(=O)[C@H](C)N(Cc1cccc(OC)c1)C(=O)CCN1C(=O)c2ccccc2S1(=O)=O. The number of ether oxygens (including phenoxy) is 1. The number of carbonyl (C=O) groups is 3. The van der Waals surface area contributed by atoms with Gasteiger partial charge in [-0.15, -0.1) is 0 Å². The molecule has 34 heavy (non-hydrogen) atoms. The molecule has 10 heteroatoms. The molecule has 0 spiro atoms. The maximum atomic E-state index is 13.3. The van der Waals surface area contributed by atoms with Crippen LogP contribution in [0.2, 0.25) is 0 Å². The molecule has 0 aliphatic carbocycles. The maximum Gasteiger partial charge on any atom is 0.269 e. The highest BCUT2D eigenvalue weighted by Gasteiger charge is 2.41. The van der Waals surface area contributed by atoms with E-state index in [1.165, 1.54) is 24.1 Å². The van der Waals surface area contributed by atoms with Crippen molar-refractivity contribution in [2.75, 3.05) is 20.2 Å². The fourth-order valence-corrected chi connectivity index (χ4v) is 5.31. The Balaban J connectivity index is 1.79. The molecule has 0 bridgehead atoms. The lowest BCUT2D eigenvalue weighted by Gasteiger charge is -2.29. The number of nitrogens with one attached hydrogen (secondary N) is 1. The molecule has 1 heterocycles. The zero-order valence-corrected chi connectivity index (χ0v) is 20.3. The second kappa shape index (κ2) is 10.7. The van der Waals surface area contributed by atoms with Crippen LogP contribution < -0.4 is 10.1 Å². The van der Waals surface area contributed by atoms with E-state index in [9.17, 15) is 22.8 Å². The highest BCUT2D eigenvalue weighted by atomic mass is 32.2. The Labute approximate surface area is 199 Å². The van der Waals surface area contributed by atoms with Crippen molar-refractivity contribution in [3.8, 4) is 5.75 Å². The maximum absolute atomic E-state index is 13.3. The van der Waals surface area contributed by atoms with Crippen LogP contribution in [0, 0.1) is 0 Å². The highest BCUT2D eigenvalue weighted by molar-refractivity contribution is 7.90. The number of carbonyl (C=O) groups excluding carboxylic acids is 3. The van der Waals surface area contributed by atoms with Crippen molar-refractivity contribution in [3.63, 3.8) is 0 Å². The minimum Gasteiger partial charge on any atom is -0.497 e. The number of hydrogen-bond acceptors (Lipinski definition) is 6. The van der Waals surface area contributed by atoms with Gasteiger partial charge >= 0.3 is 0 Å². The summed E-state index contributed by atoms with van der Waals surface area (Å²) in [6.07, 6.45) is 0.492. The van der Waals surface area contributed by atoms with Gasteiger partial charge in [0.1, 0.15) is 16.7 Å². The van der Waals surface area contributed by atoms with E-state index in [-0.39, 0.29) is 35.9 Å². The first-order chi connectivity index (χ1) is 16.2. The van der Waals surface area contributed by atoms with Crippen molar-refractivity contribution in [1.29, 1.82) is 0 Å². The Kier molecular flexibility index (Phi) is 7.93. The van der Waals surface area contributed by atoms with Crippen molar-refractivity contribution in [2.24, 2.45) is 0 Å². The number of amides is 3. The standard InChI is InChI=1S/C24H29N3O6S/c1-4-13-25-23(29)17(2)26(16-18-8-7-9-19(15-18)33-3)22(28)12-14-27-24(30)20-10-5-6-11-21(20)34(27,31)32/h5-11,15,17H,4,12-14,16H2,1-3H3,(H,25,29)/t17-/m0/s1. The number of fused-ring (bicyclic) bond motifs is 1. The molecule has 3 amide bonds. The third-order valence-corrected chi connectivity index (χ3v) is 7.48. The molecular formula is C24H29N3O6S. The molecule has 1 atom stereocenters. The van der Waals surface area contributed by atoms with Gasteiger partial charge in [-0.2, -0.15) is 0 Å². The van der Waals surface area contributed by atoms with Crippen LogP contribution in [-0.2, 0) is 26.2 Å². The number of benzene rings is 2. The van der Waals surface area contributed by atoms with Crippen LogP contribution in [0.15, 0.2) is 53.4 Å². The lowest BCUT2D eigenvalue weighted by Crippen LogP contribution is -2.48. The second-order valence-corrected chi connectivity index (χ2v) is 9.80. The Hall–Kier alpha value is -3.40. The zero-order valence-electron chi connectivity index (χ0n) is 19.5. The topological polar surface area (TPSA) is 113 Å². The Morgan fingerprint density at radius 1 is 1.15 bits per heavy atom. The second-order valence-electron chi connectivity index (χ2n) is 7.97. The first-order valence-corrected chi connectivity index (χ1v) is 12.5. The van der Waals surface area contributed by atoms with Crippen LogP contribution in [0.3, 0.4) is 0 Å². The Bertz CT molecular complexity index is 1180. The molecule has 9 nitrogen and oxygen atoms in total. The van der Waals surface area contributed by atoms with Crippen LogP contribution in [0.5, 0.6) is 5.75 Å². The molecule has 182 valence electrons. The summed E-state index contributed by atoms with van der Waals surface area (Å²) in [5.74, 6) is -0.799. The molecule has 0 radical (unpaired) electrons. The summed E-state index contributed by atoms with van der Waals surface area (Å²) in [5.41, 5.74) is 0.843. The van der Waals surface area contributed by atoms with Gasteiger partial charge in [0, 0.05) is 26.1 Å². The van der Waals surface area contributed by atoms with Crippen LogP contribution in [0.4, 0.5) is 0 Å². The summed E-state index contributed by atoms with van der Waals surface area (Å²) in [5, 5.41) is 2.79. The first kappa shape index (κ1) is 25.2. The van der Waals surface area contributed by atoms with E-state index in [0.717, 1.165) is 16.3 Å². The summed E-state index contributed by atoms with van der Waals surface area (Å²) in [6, 6.07) is 12.3. The van der Waals surface area contributed by atoms with E-state index in [0.29, 0.717) is 12.3 Å². The highest BCUT2D eigenvalue weighted by Crippen LogP contribution is 2.30. The zero-order chi connectivity index (χ0) is 24.9. The molecular weight excluding hydrogens is 458 g/mol. The summed E-state index contributed by atoms with van der Waals surface area (Å²) in [4.78, 5) is 39.9. The van der Waals surface area contributed by atoms with Crippen molar-refractivity contribution in [3.05, 3.63) is 59.7 Å². The predicted octanol–water partition coefficient (Wildman–Crippen LogP) is 2.17. The van der Waals surface area contributed by atoms with Gasteiger partial charge in [0.05, 0.1) is 12.7 Å². The third kappa shape index (κ3) is 5.22. The monoisotopic (exact) mass is 487 g/mol. The average molecular weight is 488 g/mol. The Morgan fingerprint density at radius 3 is 2.56 bits per heavy atom. The molecule has 0 fully saturated rings. The molecule has 2 aromatic carbocycles. The molecule has 2 aromatic rings. The van der Waals surface area contributed by atoms with E-state index in [4.69, 9.17) is 4.74 Å². The Morgan fingerprint density at radius 2 is 1.88 bits per heavy atom. The van der Waals surface area contributed by atoms with Gasteiger partial charge in [-0.3, -0.25) is 14.4 Å². The minimum absolute atomic E-state index is 0.0620. The minimum atomic E-state index is -4.02. The van der Waals surface area contributed by atoms with E-state index in [1.807, 2.05) is 13.0 Å². The molecule has 1 aliphatic rings. The lowest BCUT2D eigenvalue weighted by molar-refractivity contribution is -0.140. The van der Waals surface area contributed by atoms with Crippen LogP contribution in [0.1, 0.15) is 42.6 Å². The summed E-state index contributed by atoms with van der Waals surface area (Å²) in [7, 11) is -2.48. The molecule has 3 rings (SSSR count). The van der Waals surface area contributed by atoms with Gasteiger partial charge in [0.15, 0.2) is 0 Å². The van der Waals surface area contributed by atoms with E-state index < -0.39 is 27.9 Å². The molecule has 0 aromatic heterocycles. The van der Waals surface area contributed by atoms with E-state index >= 15 is 0 Å². The van der Waals surface area contributed by atoms with Crippen molar-refractivity contribution in [1.82, 2.24) is 14.5 Å². The third-order valence-electron chi connectivity index (χ3n) is 5.64. The summed E-state index contributed by atoms with van der Waals surface area (Å²) >= 11 is 0. The molecule has 1 N–H and O–H groups in total. The van der Waals surface area contributed by atoms with Gasteiger partial charge in [0.25, 0.3) is 15.9 Å². The fraction of sp³-hybridized carbons (Fsp3) is 0.375. The molecule has 0 saturated carbocycles. The number of hydrogen-bond donors (Lipinski definition) is 1. The van der Waals surface area contributed by atoms with E-state index in [1.54, 1.807) is 37.3 Å². The van der Waals surface area contributed by atoms with Gasteiger partial charge < -0.3 is 15.0 Å². The normalized spacial score (nSPS) is 14.9. The average Bonchev–Trinajstić information content (AvgIpc) is 3.04. The van der Waals surface area contributed by atoms with Gasteiger partial charge in [-0.05, 0) is 43.2 Å². The van der Waals surface area contributed by atoms with Crippen molar-refractivity contribution >= 4 is 27.7 Å². The van der Waals surface area contributed by atoms with Gasteiger partial charge in [0.2, 0.25) is 11.8 Å². The lowest BCUT2D eigenvalue weighted by atomic mass is 10.1. The molecule has 1 aliphatic heterocycles.